The van der Waals surface area contributed by atoms with E-state index < -0.39 is 0 Å². The molecule has 1 saturated carbocycles. The average Bonchev–Trinajstić information content (AvgIpc) is 2.82. The molecule has 1 aliphatic carbocycles. The smallest absolute Gasteiger partial charge is 0.0986 e. The molecular formula is C13H18N2OS. The molecule has 4 rings (SSSR count). The summed E-state index contributed by atoms with van der Waals surface area (Å²) >= 11 is 1.89. The Balaban J connectivity index is 1.43. The summed E-state index contributed by atoms with van der Waals surface area (Å²) in [6.07, 6.45) is 9.47. The van der Waals surface area contributed by atoms with Crippen molar-refractivity contribution in [2.75, 3.05) is 0 Å². The van der Waals surface area contributed by atoms with Crippen LogP contribution in [-0.4, -0.2) is 23.2 Å². The second kappa shape index (κ2) is 4.04. The molecule has 92 valence electrons. The predicted molar refractivity (Wildman–Crippen MR) is 67.2 cm³/mol. The minimum atomic E-state index is 0.468. The normalized spacial score (nSPS) is 35.6. The molecule has 2 aliphatic heterocycles. The summed E-state index contributed by atoms with van der Waals surface area (Å²) in [6.45, 7) is 1.00. The summed E-state index contributed by atoms with van der Waals surface area (Å²) < 4.78 is 5.91. The van der Waals surface area contributed by atoms with Crippen LogP contribution in [0.15, 0.2) is 6.20 Å². The van der Waals surface area contributed by atoms with Crippen molar-refractivity contribution in [3.63, 3.8) is 0 Å². The van der Waals surface area contributed by atoms with Crippen molar-refractivity contribution in [1.29, 1.82) is 0 Å². The Morgan fingerprint density at radius 1 is 1.35 bits per heavy atom. The van der Waals surface area contributed by atoms with Gasteiger partial charge in [0, 0.05) is 29.6 Å². The van der Waals surface area contributed by atoms with E-state index in [1.807, 2.05) is 11.3 Å². The van der Waals surface area contributed by atoms with E-state index in [0.717, 1.165) is 12.6 Å². The van der Waals surface area contributed by atoms with E-state index in [-0.39, 0.29) is 0 Å². The SMILES string of the molecule is c1nc(C2CC3CCC2O3)sc1CNC1CC1. The van der Waals surface area contributed by atoms with E-state index in [1.165, 1.54) is 42.0 Å². The first-order valence-electron chi connectivity index (χ1n) is 6.72. The van der Waals surface area contributed by atoms with Gasteiger partial charge in [0.1, 0.15) is 0 Å². The van der Waals surface area contributed by atoms with Crippen molar-refractivity contribution in [3.8, 4) is 0 Å². The first kappa shape index (κ1) is 10.5. The van der Waals surface area contributed by atoms with Crippen LogP contribution < -0.4 is 5.32 Å². The third-order valence-electron chi connectivity index (χ3n) is 4.14. The fourth-order valence-electron chi connectivity index (χ4n) is 3.01. The lowest BCUT2D eigenvalue weighted by Gasteiger charge is -2.15. The Kier molecular flexibility index (Phi) is 2.49. The van der Waals surface area contributed by atoms with Crippen LogP contribution in [0.3, 0.4) is 0 Å². The van der Waals surface area contributed by atoms with Gasteiger partial charge in [-0.05, 0) is 32.1 Å². The maximum Gasteiger partial charge on any atom is 0.0986 e. The van der Waals surface area contributed by atoms with E-state index in [1.54, 1.807) is 0 Å². The molecule has 0 radical (unpaired) electrons. The van der Waals surface area contributed by atoms with Crippen LogP contribution in [-0.2, 0) is 11.3 Å². The summed E-state index contributed by atoms with van der Waals surface area (Å²) in [5.74, 6) is 0.591. The van der Waals surface area contributed by atoms with Crippen molar-refractivity contribution >= 4 is 11.3 Å². The Hall–Kier alpha value is -0.450. The molecule has 3 unspecified atom stereocenters. The van der Waals surface area contributed by atoms with Gasteiger partial charge < -0.3 is 10.1 Å². The molecular weight excluding hydrogens is 232 g/mol. The molecule has 3 heterocycles. The molecule has 0 amide bonds. The van der Waals surface area contributed by atoms with Gasteiger partial charge in [0.25, 0.3) is 0 Å². The van der Waals surface area contributed by atoms with Gasteiger partial charge in [-0.25, -0.2) is 4.98 Å². The van der Waals surface area contributed by atoms with Gasteiger partial charge >= 0.3 is 0 Å². The highest BCUT2D eigenvalue weighted by atomic mass is 32.1. The second-order valence-electron chi connectivity index (χ2n) is 5.54. The molecule has 1 aromatic heterocycles. The van der Waals surface area contributed by atoms with E-state index in [0.29, 0.717) is 18.1 Å². The van der Waals surface area contributed by atoms with Crippen molar-refractivity contribution < 1.29 is 4.74 Å². The Morgan fingerprint density at radius 3 is 3.00 bits per heavy atom. The van der Waals surface area contributed by atoms with Crippen LogP contribution >= 0.6 is 11.3 Å². The molecule has 2 bridgehead atoms. The Bertz CT molecular complexity index is 415. The van der Waals surface area contributed by atoms with Crippen molar-refractivity contribution in [1.82, 2.24) is 10.3 Å². The summed E-state index contributed by atoms with van der Waals surface area (Å²) in [6, 6.07) is 0.784. The minimum Gasteiger partial charge on any atom is -0.374 e. The van der Waals surface area contributed by atoms with Crippen LogP contribution in [0.2, 0.25) is 0 Å². The number of hydrogen-bond acceptors (Lipinski definition) is 4. The molecule has 2 saturated heterocycles. The highest BCUT2D eigenvalue weighted by Gasteiger charge is 2.42. The average molecular weight is 250 g/mol. The van der Waals surface area contributed by atoms with Crippen molar-refractivity contribution in [2.45, 2.75) is 62.8 Å². The Labute approximate surface area is 106 Å². The number of nitrogens with one attached hydrogen (secondary N) is 1. The van der Waals surface area contributed by atoms with Gasteiger partial charge in [0.2, 0.25) is 0 Å². The molecule has 17 heavy (non-hydrogen) atoms. The molecule has 3 fully saturated rings. The lowest BCUT2D eigenvalue weighted by Crippen LogP contribution is -2.14. The van der Waals surface area contributed by atoms with Gasteiger partial charge in [-0.1, -0.05) is 0 Å². The zero-order valence-corrected chi connectivity index (χ0v) is 10.7. The maximum absolute atomic E-state index is 5.91. The van der Waals surface area contributed by atoms with Crippen LogP contribution in [0.4, 0.5) is 0 Å². The van der Waals surface area contributed by atoms with Gasteiger partial charge in [-0.15, -0.1) is 11.3 Å². The zero-order chi connectivity index (χ0) is 11.2. The number of nitrogens with zero attached hydrogens (tertiary/aromatic N) is 1. The van der Waals surface area contributed by atoms with E-state index in [9.17, 15) is 0 Å². The fourth-order valence-corrected chi connectivity index (χ4v) is 4.04. The lowest BCUT2D eigenvalue weighted by molar-refractivity contribution is 0.101. The summed E-state index contributed by atoms with van der Waals surface area (Å²) in [4.78, 5) is 6.00. The largest absolute Gasteiger partial charge is 0.374 e. The Morgan fingerprint density at radius 2 is 2.29 bits per heavy atom. The van der Waals surface area contributed by atoms with E-state index in [4.69, 9.17) is 4.74 Å². The molecule has 3 aliphatic rings. The number of ether oxygens (including phenoxy) is 1. The van der Waals surface area contributed by atoms with Crippen LogP contribution in [0, 0.1) is 0 Å². The van der Waals surface area contributed by atoms with Crippen LogP contribution in [0.1, 0.15) is 47.9 Å². The topological polar surface area (TPSA) is 34.1 Å². The minimum absolute atomic E-state index is 0.468. The quantitative estimate of drug-likeness (QED) is 0.891. The van der Waals surface area contributed by atoms with Gasteiger partial charge in [-0.2, -0.15) is 0 Å². The molecule has 0 spiro atoms. The standard InChI is InChI=1S/C13H18N2OS/c1-2-8(1)14-6-10-7-15-13(17-10)11-5-9-3-4-12(11)16-9/h7-9,11-12,14H,1-6H2. The predicted octanol–water partition coefficient (Wildman–Crippen LogP) is 2.43. The van der Waals surface area contributed by atoms with Crippen LogP contribution in [0.25, 0.3) is 0 Å². The second-order valence-corrected chi connectivity index (χ2v) is 6.68. The lowest BCUT2D eigenvalue weighted by atomic mass is 9.90. The zero-order valence-electron chi connectivity index (χ0n) is 9.89. The highest BCUT2D eigenvalue weighted by molar-refractivity contribution is 7.11. The number of thiazole rings is 1. The van der Waals surface area contributed by atoms with Crippen LogP contribution in [0.5, 0.6) is 0 Å². The number of hydrogen-bond donors (Lipinski definition) is 1. The number of aromatic nitrogens is 1. The molecule has 3 atom stereocenters. The molecule has 1 N–H and O–H groups in total. The summed E-state index contributed by atoms with van der Waals surface area (Å²) in [7, 11) is 0. The number of rotatable bonds is 4. The summed E-state index contributed by atoms with van der Waals surface area (Å²) in [5.41, 5.74) is 0. The third-order valence-corrected chi connectivity index (χ3v) is 5.27. The van der Waals surface area contributed by atoms with Gasteiger partial charge in [0.05, 0.1) is 17.2 Å². The van der Waals surface area contributed by atoms with Gasteiger partial charge in [0.15, 0.2) is 0 Å². The monoisotopic (exact) mass is 250 g/mol. The molecule has 4 heteroatoms. The summed E-state index contributed by atoms with van der Waals surface area (Å²) in [5, 5.41) is 4.86. The molecule has 3 nitrogen and oxygen atoms in total. The maximum atomic E-state index is 5.91. The first-order chi connectivity index (χ1) is 8.38. The fraction of sp³-hybridized carbons (Fsp3) is 0.769. The first-order valence-corrected chi connectivity index (χ1v) is 7.53. The van der Waals surface area contributed by atoms with E-state index >= 15 is 0 Å². The van der Waals surface area contributed by atoms with Gasteiger partial charge in [-0.3, -0.25) is 0 Å². The molecule has 1 aromatic rings. The third kappa shape index (κ3) is 2.02. The van der Waals surface area contributed by atoms with Crippen molar-refractivity contribution in [2.24, 2.45) is 0 Å². The van der Waals surface area contributed by atoms with Crippen molar-refractivity contribution in [3.05, 3.63) is 16.1 Å². The number of fused-ring (bicyclic) bond motifs is 2. The molecule has 0 aromatic carbocycles. The highest BCUT2D eigenvalue weighted by Crippen LogP contribution is 2.45. The van der Waals surface area contributed by atoms with E-state index in [2.05, 4.69) is 16.5 Å².